The first-order valence-electron chi connectivity index (χ1n) is 8.16. The summed E-state index contributed by atoms with van der Waals surface area (Å²) in [6.07, 6.45) is 0.186. The van der Waals surface area contributed by atoms with Crippen LogP contribution in [0.3, 0.4) is 0 Å². The number of rotatable bonds is 6. The molecule has 23 heavy (non-hydrogen) atoms. The van der Waals surface area contributed by atoms with Crippen LogP contribution in [-0.4, -0.2) is 28.5 Å². The van der Waals surface area contributed by atoms with Gasteiger partial charge in [-0.15, -0.1) is 11.6 Å². The van der Waals surface area contributed by atoms with Gasteiger partial charge in [0.1, 0.15) is 0 Å². The van der Waals surface area contributed by atoms with Crippen molar-refractivity contribution in [2.24, 2.45) is 0 Å². The molecule has 1 aliphatic heterocycles. The number of hydrogen-bond acceptors (Lipinski definition) is 2. The predicted molar refractivity (Wildman–Crippen MR) is 95.6 cm³/mol. The summed E-state index contributed by atoms with van der Waals surface area (Å²) in [5, 5.41) is 0. The van der Waals surface area contributed by atoms with Crippen LogP contribution in [0.2, 0.25) is 0 Å². The highest BCUT2D eigenvalue weighted by molar-refractivity contribution is 6.24. The van der Waals surface area contributed by atoms with Gasteiger partial charge in [0.15, 0.2) is 0 Å². The molecule has 3 heteroatoms. The Balaban J connectivity index is 1.61. The second-order valence-corrected chi connectivity index (χ2v) is 7.73. The summed E-state index contributed by atoms with van der Waals surface area (Å²) in [5.74, 6) is 0. The number of likely N-dealkylation sites (tertiary alicyclic amines) is 1. The maximum atomic E-state index is 6.65. The van der Waals surface area contributed by atoms with Gasteiger partial charge in [-0.2, -0.15) is 0 Å². The van der Waals surface area contributed by atoms with Gasteiger partial charge in [-0.3, -0.25) is 4.90 Å². The van der Waals surface area contributed by atoms with E-state index >= 15 is 0 Å². The summed E-state index contributed by atoms with van der Waals surface area (Å²) in [5.41, 5.74) is 2.53. The van der Waals surface area contributed by atoms with Crippen molar-refractivity contribution in [1.29, 1.82) is 0 Å². The molecule has 0 radical (unpaired) electrons. The molecule has 2 atom stereocenters. The number of halogens is 1. The highest BCUT2D eigenvalue weighted by Gasteiger charge is 2.47. The van der Waals surface area contributed by atoms with E-state index in [4.69, 9.17) is 16.3 Å². The fraction of sp³-hybridized carbons (Fsp3) is 0.400. The Labute approximate surface area is 144 Å². The molecule has 0 amide bonds. The lowest BCUT2D eigenvalue weighted by Gasteiger charge is -2.52. The van der Waals surface area contributed by atoms with Gasteiger partial charge in [-0.25, -0.2) is 0 Å². The first kappa shape index (κ1) is 16.5. The normalized spacial score (nSPS) is 21.9. The summed E-state index contributed by atoms with van der Waals surface area (Å²) in [4.78, 5) is 2.10. The zero-order valence-corrected chi connectivity index (χ0v) is 14.5. The minimum absolute atomic E-state index is 0.186. The molecule has 1 aliphatic rings. The van der Waals surface area contributed by atoms with Gasteiger partial charge in [0.05, 0.1) is 23.6 Å². The standard InChI is InChI=1S/C20H24ClNO/c1-20(2,21)19-18(23-15-17-11-7-4-8-12-17)14-22(19)13-16-9-5-3-6-10-16/h3-12,18-19H,13-15H2,1-2H3/t18-,19+/m1/s1. The SMILES string of the molecule is CC(C)(Cl)[C@@H]1[C@H](OCc2ccccc2)CN1Cc1ccccc1. The van der Waals surface area contributed by atoms with E-state index in [1.54, 1.807) is 0 Å². The van der Waals surface area contributed by atoms with E-state index in [1.165, 1.54) is 11.1 Å². The summed E-state index contributed by atoms with van der Waals surface area (Å²) in [7, 11) is 0. The third-order valence-electron chi connectivity index (χ3n) is 4.40. The molecule has 0 aromatic heterocycles. The fourth-order valence-electron chi connectivity index (χ4n) is 3.32. The van der Waals surface area contributed by atoms with Crippen molar-refractivity contribution in [3.63, 3.8) is 0 Å². The molecule has 2 nitrogen and oxygen atoms in total. The van der Waals surface area contributed by atoms with Crippen molar-refractivity contribution in [3.05, 3.63) is 71.8 Å². The largest absolute Gasteiger partial charge is 0.371 e. The van der Waals surface area contributed by atoms with Gasteiger partial charge >= 0.3 is 0 Å². The molecule has 3 rings (SSSR count). The molecule has 0 saturated carbocycles. The van der Waals surface area contributed by atoms with Crippen molar-refractivity contribution in [2.75, 3.05) is 6.54 Å². The van der Waals surface area contributed by atoms with E-state index in [9.17, 15) is 0 Å². The minimum atomic E-state index is -0.311. The number of nitrogens with zero attached hydrogens (tertiary/aromatic N) is 1. The molecular formula is C20H24ClNO. The van der Waals surface area contributed by atoms with Crippen LogP contribution in [0.5, 0.6) is 0 Å². The predicted octanol–water partition coefficient (Wildman–Crippen LogP) is 4.47. The van der Waals surface area contributed by atoms with Crippen LogP contribution in [0.25, 0.3) is 0 Å². The highest BCUT2D eigenvalue weighted by atomic mass is 35.5. The third kappa shape index (κ3) is 4.14. The average Bonchev–Trinajstić information content (AvgIpc) is 2.50. The van der Waals surface area contributed by atoms with Crippen molar-refractivity contribution < 1.29 is 4.74 Å². The Morgan fingerprint density at radius 2 is 1.57 bits per heavy atom. The molecule has 0 spiro atoms. The van der Waals surface area contributed by atoms with E-state index in [0.717, 1.165) is 13.1 Å². The Bertz CT molecular complexity index is 609. The molecule has 122 valence electrons. The smallest absolute Gasteiger partial charge is 0.0878 e. The van der Waals surface area contributed by atoms with Gasteiger partial charge in [-0.1, -0.05) is 60.7 Å². The van der Waals surface area contributed by atoms with Crippen LogP contribution in [0, 0.1) is 0 Å². The molecule has 0 N–H and O–H groups in total. The van der Waals surface area contributed by atoms with E-state index < -0.39 is 0 Å². The maximum absolute atomic E-state index is 6.65. The fourth-order valence-corrected chi connectivity index (χ4v) is 3.60. The average molecular weight is 330 g/mol. The molecule has 1 saturated heterocycles. The van der Waals surface area contributed by atoms with E-state index in [2.05, 4.69) is 55.1 Å². The van der Waals surface area contributed by atoms with Crippen LogP contribution in [0.15, 0.2) is 60.7 Å². The molecule has 1 fully saturated rings. The number of alkyl halides is 1. The lowest BCUT2D eigenvalue weighted by atomic mass is 9.87. The molecule has 1 heterocycles. The van der Waals surface area contributed by atoms with Gasteiger partial charge in [0, 0.05) is 13.1 Å². The second kappa shape index (κ2) is 7.04. The Morgan fingerprint density at radius 3 is 2.13 bits per heavy atom. The number of benzene rings is 2. The van der Waals surface area contributed by atoms with E-state index in [-0.39, 0.29) is 17.0 Å². The Hall–Kier alpha value is -1.35. The second-order valence-electron chi connectivity index (χ2n) is 6.76. The quantitative estimate of drug-likeness (QED) is 0.725. The first-order chi connectivity index (χ1) is 11.0. The van der Waals surface area contributed by atoms with Crippen molar-refractivity contribution in [3.8, 4) is 0 Å². The first-order valence-corrected chi connectivity index (χ1v) is 8.54. The van der Waals surface area contributed by atoms with Gasteiger partial charge < -0.3 is 4.74 Å². The van der Waals surface area contributed by atoms with Gasteiger partial charge in [0.2, 0.25) is 0 Å². The zero-order chi connectivity index (χ0) is 16.3. The van der Waals surface area contributed by atoms with Gasteiger partial charge in [0.25, 0.3) is 0 Å². The number of hydrogen-bond donors (Lipinski definition) is 0. The summed E-state index contributed by atoms with van der Waals surface area (Å²) in [6.45, 7) is 6.66. The van der Waals surface area contributed by atoms with Crippen LogP contribution < -0.4 is 0 Å². The molecule has 0 unspecified atom stereocenters. The molecule has 2 aromatic carbocycles. The molecule has 2 aromatic rings. The zero-order valence-electron chi connectivity index (χ0n) is 13.8. The van der Waals surface area contributed by atoms with Crippen LogP contribution in [-0.2, 0) is 17.9 Å². The molecule has 0 bridgehead atoms. The minimum Gasteiger partial charge on any atom is -0.371 e. The van der Waals surface area contributed by atoms with Crippen molar-refractivity contribution >= 4 is 11.6 Å². The summed E-state index contributed by atoms with van der Waals surface area (Å²) >= 11 is 6.65. The van der Waals surface area contributed by atoms with Crippen LogP contribution in [0.4, 0.5) is 0 Å². The Kier molecular flexibility index (Phi) is 5.05. The monoisotopic (exact) mass is 329 g/mol. The summed E-state index contributed by atoms with van der Waals surface area (Å²) in [6, 6.07) is 21.1. The lowest BCUT2D eigenvalue weighted by molar-refractivity contribution is -0.125. The Morgan fingerprint density at radius 1 is 1.00 bits per heavy atom. The summed E-state index contributed by atoms with van der Waals surface area (Å²) < 4.78 is 6.14. The van der Waals surface area contributed by atoms with E-state index in [1.807, 2.05) is 24.3 Å². The van der Waals surface area contributed by atoms with Crippen molar-refractivity contribution in [1.82, 2.24) is 4.90 Å². The number of ether oxygens (including phenoxy) is 1. The molecular weight excluding hydrogens is 306 g/mol. The maximum Gasteiger partial charge on any atom is 0.0878 e. The highest BCUT2D eigenvalue weighted by Crippen LogP contribution is 2.36. The third-order valence-corrected chi connectivity index (χ3v) is 4.62. The van der Waals surface area contributed by atoms with Crippen LogP contribution in [0.1, 0.15) is 25.0 Å². The van der Waals surface area contributed by atoms with Crippen molar-refractivity contribution in [2.45, 2.75) is 44.0 Å². The lowest BCUT2D eigenvalue weighted by Crippen LogP contribution is -2.67. The van der Waals surface area contributed by atoms with Gasteiger partial charge in [-0.05, 0) is 25.0 Å². The van der Waals surface area contributed by atoms with Crippen LogP contribution >= 0.6 is 11.6 Å². The van der Waals surface area contributed by atoms with E-state index in [0.29, 0.717) is 6.61 Å². The topological polar surface area (TPSA) is 12.5 Å². The molecule has 0 aliphatic carbocycles.